The van der Waals surface area contributed by atoms with Crippen molar-refractivity contribution in [1.82, 2.24) is 0 Å². The van der Waals surface area contributed by atoms with E-state index in [4.69, 9.17) is 33.5 Å². The van der Waals surface area contributed by atoms with Crippen LogP contribution in [-0.4, -0.2) is 114 Å². The van der Waals surface area contributed by atoms with Crippen molar-refractivity contribution in [1.29, 1.82) is 0 Å². The summed E-state index contributed by atoms with van der Waals surface area (Å²) < 4.78 is 36.3. The number of carbonyl (C=O) groups is 6. The molecule has 0 amide bonds. The molecule has 0 heterocycles. The number of aliphatic carboxylic acids is 1. The van der Waals surface area contributed by atoms with Gasteiger partial charge in [0.1, 0.15) is 39.6 Å². The Labute approximate surface area is 405 Å². The van der Waals surface area contributed by atoms with Crippen LogP contribution in [0.4, 0.5) is 0 Å². The molecular weight excluding hydrogens is 861 g/mol. The Balaban J connectivity index is 0. The average molecular weight is 955 g/mol. The maximum absolute atomic E-state index is 11.7. The van der Waals surface area contributed by atoms with Crippen molar-refractivity contribution < 1.29 is 67.0 Å². The van der Waals surface area contributed by atoms with Gasteiger partial charge in [0.05, 0.1) is 7.11 Å². The standard InChI is InChI=1S/C27H48O7.C26H46O7/c1-3-4-5-6-7-8-9-10-17-22-34-27(30)19-14-12-16-21-33-24-25(28)23-32-20-15-11-13-18-26(29)31-2;1-2-3-4-5-6-7-8-9-16-21-33-26(30)18-13-11-15-20-32-23-24(27)22-31-19-14-10-12-17-25(28)29/h10,17H,3-9,11-16,18-24H2,1-2H3;9,16H,2-8,10-15,17-23H2,1H3,(H,28,29)/b17-10-;16-9-. The molecule has 0 unspecified atom stereocenters. The fourth-order valence-corrected chi connectivity index (χ4v) is 6.42. The van der Waals surface area contributed by atoms with Crippen molar-refractivity contribution >= 4 is 35.4 Å². The summed E-state index contributed by atoms with van der Waals surface area (Å²) in [6.45, 7) is 7.25. The van der Waals surface area contributed by atoms with Crippen molar-refractivity contribution in [2.24, 2.45) is 0 Å². The van der Waals surface area contributed by atoms with Crippen LogP contribution in [0.2, 0.25) is 0 Å². The first-order valence-electron chi connectivity index (χ1n) is 25.9. The van der Waals surface area contributed by atoms with E-state index in [0.717, 1.165) is 83.5 Å². The maximum Gasteiger partial charge on any atom is 0.306 e. The smallest absolute Gasteiger partial charge is 0.306 e. The number of unbranched alkanes of at least 4 members (excludes halogenated alkanes) is 20. The minimum Gasteiger partial charge on any atom is -0.481 e. The van der Waals surface area contributed by atoms with Gasteiger partial charge in [-0.15, -0.1) is 0 Å². The highest BCUT2D eigenvalue weighted by molar-refractivity contribution is 5.81. The third-order valence-electron chi connectivity index (χ3n) is 10.4. The molecule has 0 saturated heterocycles. The summed E-state index contributed by atoms with van der Waals surface area (Å²) in [5.74, 6) is -1.51. The number of Topliss-reactive ketones (excluding diaryl/α,β-unsaturated/α-hetero) is 2. The summed E-state index contributed by atoms with van der Waals surface area (Å²) >= 11 is 0. The van der Waals surface area contributed by atoms with E-state index in [1.807, 2.05) is 12.2 Å². The van der Waals surface area contributed by atoms with E-state index < -0.39 is 5.97 Å². The van der Waals surface area contributed by atoms with Gasteiger partial charge < -0.3 is 38.3 Å². The number of rotatable bonds is 50. The highest BCUT2D eigenvalue weighted by Crippen LogP contribution is 2.09. The molecule has 0 aliphatic heterocycles. The number of esters is 3. The summed E-state index contributed by atoms with van der Waals surface area (Å²) in [5, 5.41) is 8.54. The van der Waals surface area contributed by atoms with E-state index >= 15 is 0 Å². The number of hydrogen-bond donors (Lipinski definition) is 1. The first-order valence-corrected chi connectivity index (χ1v) is 25.9. The molecule has 0 radical (unpaired) electrons. The fourth-order valence-electron chi connectivity index (χ4n) is 6.42. The number of carbonyl (C=O) groups excluding carboxylic acids is 5. The van der Waals surface area contributed by atoms with E-state index in [9.17, 15) is 28.8 Å². The van der Waals surface area contributed by atoms with Crippen LogP contribution in [0.3, 0.4) is 0 Å². The van der Waals surface area contributed by atoms with E-state index in [1.54, 1.807) is 0 Å². The van der Waals surface area contributed by atoms with Crippen LogP contribution in [0.15, 0.2) is 24.3 Å². The fraction of sp³-hybridized carbons (Fsp3) is 0.811. The number of allylic oxidation sites excluding steroid dienone is 2. The maximum atomic E-state index is 11.7. The molecule has 0 bridgehead atoms. The largest absolute Gasteiger partial charge is 0.481 e. The van der Waals surface area contributed by atoms with Crippen molar-refractivity contribution in [3.8, 4) is 0 Å². The normalized spacial score (nSPS) is 11.1. The number of methoxy groups -OCH3 is 1. The van der Waals surface area contributed by atoms with Crippen LogP contribution in [0.5, 0.6) is 0 Å². The Kier molecular flexibility index (Phi) is 54.0. The Hall–Kier alpha value is -3.46. The second-order valence-electron chi connectivity index (χ2n) is 16.9. The van der Waals surface area contributed by atoms with Gasteiger partial charge >= 0.3 is 23.9 Å². The molecule has 0 aromatic heterocycles. The van der Waals surface area contributed by atoms with Crippen LogP contribution in [0.25, 0.3) is 0 Å². The van der Waals surface area contributed by atoms with Crippen molar-refractivity contribution in [3.05, 3.63) is 24.3 Å². The van der Waals surface area contributed by atoms with E-state index in [-0.39, 0.29) is 62.3 Å². The highest BCUT2D eigenvalue weighted by atomic mass is 16.5. The lowest BCUT2D eigenvalue weighted by atomic mass is 10.1. The van der Waals surface area contributed by atoms with Gasteiger partial charge in [0.2, 0.25) is 0 Å². The number of ketones is 2. The average Bonchev–Trinajstić information content (AvgIpc) is 3.31. The zero-order valence-corrected chi connectivity index (χ0v) is 42.3. The molecule has 0 atom stereocenters. The van der Waals surface area contributed by atoms with Crippen molar-refractivity contribution in [2.45, 2.75) is 206 Å². The lowest BCUT2D eigenvalue weighted by Crippen LogP contribution is -2.16. The molecule has 0 rings (SSSR count). The molecule has 0 spiro atoms. The molecule has 0 aromatic rings. The van der Waals surface area contributed by atoms with Crippen molar-refractivity contribution in [2.75, 3.05) is 73.2 Å². The zero-order chi connectivity index (χ0) is 49.5. The topological polar surface area (TPSA) is 187 Å². The lowest BCUT2D eigenvalue weighted by Gasteiger charge is -2.06. The molecule has 14 nitrogen and oxygen atoms in total. The second kappa shape index (κ2) is 55.1. The number of ether oxygens (including phenoxy) is 7. The van der Waals surface area contributed by atoms with Crippen LogP contribution in [-0.2, 0) is 61.9 Å². The van der Waals surface area contributed by atoms with Gasteiger partial charge in [0, 0.05) is 52.1 Å². The zero-order valence-electron chi connectivity index (χ0n) is 42.3. The molecule has 1 N–H and O–H groups in total. The number of carboxylic acids is 1. The molecule has 0 aliphatic rings. The predicted molar refractivity (Wildman–Crippen MR) is 263 cm³/mol. The molecule has 0 aliphatic carbocycles. The molecule has 0 saturated carbocycles. The lowest BCUT2D eigenvalue weighted by molar-refractivity contribution is -0.143. The van der Waals surface area contributed by atoms with Gasteiger partial charge in [0.25, 0.3) is 0 Å². The molecule has 14 heteroatoms. The monoisotopic (exact) mass is 955 g/mol. The van der Waals surface area contributed by atoms with Crippen LogP contribution < -0.4 is 0 Å². The minimum atomic E-state index is -0.787. The summed E-state index contributed by atoms with van der Waals surface area (Å²) in [6, 6.07) is 0. The van der Waals surface area contributed by atoms with E-state index in [1.165, 1.54) is 84.2 Å². The SMILES string of the molecule is CCCCCCCC/C=C\COC(=O)CCCCCOCC(=O)COCCCCCC(=O)O.CCCCCCCC/C=C\COC(=O)CCCCCOCC(=O)COCCCCCC(=O)OC. The van der Waals surface area contributed by atoms with Crippen LogP contribution in [0.1, 0.15) is 206 Å². The van der Waals surface area contributed by atoms with Gasteiger partial charge in [-0.3, -0.25) is 28.8 Å². The number of hydrogen-bond acceptors (Lipinski definition) is 13. The predicted octanol–water partition coefficient (Wildman–Crippen LogP) is 11.4. The molecule has 0 fully saturated rings. The van der Waals surface area contributed by atoms with Gasteiger partial charge in [-0.25, -0.2) is 0 Å². The summed E-state index contributed by atoms with van der Waals surface area (Å²) in [5.41, 5.74) is 0. The van der Waals surface area contributed by atoms with Gasteiger partial charge in [-0.2, -0.15) is 0 Å². The third kappa shape index (κ3) is 58.6. The highest BCUT2D eigenvalue weighted by Gasteiger charge is 2.07. The Bertz CT molecular complexity index is 1230. The molecule has 67 heavy (non-hydrogen) atoms. The Morgan fingerprint density at radius 1 is 0.373 bits per heavy atom. The minimum absolute atomic E-state index is 0.0260. The summed E-state index contributed by atoms with van der Waals surface area (Å²) in [7, 11) is 1.38. The number of carboxylic acid groups (broad SMARTS) is 1. The quantitative estimate of drug-likeness (QED) is 0.0262. The van der Waals surface area contributed by atoms with E-state index in [2.05, 4.69) is 30.7 Å². The van der Waals surface area contributed by atoms with Gasteiger partial charge in [-0.1, -0.05) is 128 Å². The van der Waals surface area contributed by atoms with E-state index in [0.29, 0.717) is 65.3 Å². The molecule has 390 valence electrons. The summed E-state index contributed by atoms with van der Waals surface area (Å²) in [4.78, 5) is 68.1. The third-order valence-corrected chi connectivity index (χ3v) is 10.4. The Morgan fingerprint density at radius 2 is 0.687 bits per heavy atom. The Morgan fingerprint density at radius 3 is 1.03 bits per heavy atom. The molecular formula is C53H94O14. The van der Waals surface area contributed by atoms with Crippen molar-refractivity contribution in [3.63, 3.8) is 0 Å². The van der Waals surface area contributed by atoms with Gasteiger partial charge in [0.15, 0.2) is 11.6 Å². The molecule has 0 aromatic carbocycles. The second-order valence-corrected chi connectivity index (χ2v) is 16.9. The first kappa shape index (κ1) is 65.6. The summed E-state index contributed by atoms with van der Waals surface area (Å²) in [6.07, 6.45) is 36.4. The first-order chi connectivity index (χ1) is 32.7. The van der Waals surface area contributed by atoms with Crippen LogP contribution in [0, 0.1) is 0 Å². The van der Waals surface area contributed by atoms with Gasteiger partial charge in [-0.05, 0) is 77.0 Å². The van der Waals surface area contributed by atoms with Crippen LogP contribution >= 0.6 is 0 Å².